The Balaban J connectivity index is 1.74. The van der Waals surface area contributed by atoms with Gasteiger partial charge in [-0.3, -0.25) is 4.40 Å². The van der Waals surface area contributed by atoms with Crippen LogP contribution in [0, 0.1) is 0 Å². The van der Waals surface area contributed by atoms with Crippen molar-refractivity contribution in [1.82, 2.24) is 9.38 Å². The number of ether oxygens (including phenoxy) is 3. The Morgan fingerprint density at radius 3 is 3.00 bits per heavy atom. The Morgan fingerprint density at radius 2 is 2.10 bits per heavy atom. The average Bonchev–Trinajstić information content (AvgIpc) is 3.10. The zero-order chi connectivity index (χ0) is 14.2. The molecular formula is C15H13N3O3. The molecule has 6 heteroatoms. The Kier molecular flexibility index (Phi) is 2.68. The first-order chi connectivity index (χ1) is 10.3. The van der Waals surface area contributed by atoms with Gasteiger partial charge >= 0.3 is 0 Å². The SMILES string of the molecule is NCc1c(Oc2ccc3c(c2)OCO3)nc2ccccn12. The summed E-state index contributed by atoms with van der Waals surface area (Å²) in [5, 5.41) is 0. The molecule has 1 aromatic carbocycles. The predicted octanol–water partition coefficient (Wildman–Crippen LogP) is 2.31. The van der Waals surface area contributed by atoms with Gasteiger partial charge in [0.1, 0.15) is 17.1 Å². The third kappa shape index (κ3) is 1.96. The largest absolute Gasteiger partial charge is 0.454 e. The van der Waals surface area contributed by atoms with Gasteiger partial charge in [-0.1, -0.05) is 6.07 Å². The molecular weight excluding hydrogens is 270 g/mol. The minimum Gasteiger partial charge on any atom is -0.454 e. The van der Waals surface area contributed by atoms with Gasteiger partial charge in [0, 0.05) is 18.8 Å². The van der Waals surface area contributed by atoms with E-state index in [9.17, 15) is 0 Å². The van der Waals surface area contributed by atoms with Crippen molar-refractivity contribution < 1.29 is 14.2 Å². The number of hydrogen-bond donors (Lipinski definition) is 1. The Hall–Kier alpha value is -2.73. The average molecular weight is 283 g/mol. The van der Waals surface area contributed by atoms with Crippen molar-refractivity contribution in [2.75, 3.05) is 6.79 Å². The van der Waals surface area contributed by atoms with Crippen molar-refractivity contribution in [3.63, 3.8) is 0 Å². The third-order valence-corrected chi connectivity index (χ3v) is 3.34. The molecule has 0 saturated heterocycles. The van der Waals surface area contributed by atoms with Crippen LogP contribution in [0.5, 0.6) is 23.1 Å². The summed E-state index contributed by atoms with van der Waals surface area (Å²) in [5.41, 5.74) is 7.44. The molecule has 0 fully saturated rings. The second-order valence-electron chi connectivity index (χ2n) is 4.61. The molecule has 0 aliphatic carbocycles. The van der Waals surface area contributed by atoms with Crippen LogP contribution in [0.25, 0.3) is 5.65 Å². The number of nitrogens with zero attached hydrogens (tertiary/aromatic N) is 2. The molecule has 1 aliphatic rings. The van der Waals surface area contributed by atoms with Gasteiger partial charge in [0.2, 0.25) is 12.7 Å². The number of benzene rings is 1. The highest BCUT2D eigenvalue weighted by molar-refractivity contribution is 5.50. The first kappa shape index (κ1) is 12.0. The van der Waals surface area contributed by atoms with Gasteiger partial charge in [-0.15, -0.1) is 0 Å². The molecule has 2 N–H and O–H groups in total. The quantitative estimate of drug-likeness (QED) is 0.798. The van der Waals surface area contributed by atoms with E-state index in [0.29, 0.717) is 23.9 Å². The van der Waals surface area contributed by atoms with Gasteiger partial charge in [-0.2, -0.15) is 4.98 Å². The highest BCUT2D eigenvalue weighted by atomic mass is 16.7. The Morgan fingerprint density at radius 1 is 1.19 bits per heavy atom. The molecule has 21 heavy (non-hydrogen) atoms. The summed E-state index contributed by atoms with van der Waals surface area (Å²) in [5.74, 6) is 2.53. The van der Waals surface area contributed by atoms with Crippen LogP contribution in [-0.4, -0.2) is 16.2 Å². The van der Waals surface area contributed by atoms with Gasteiger partial charge in [0.05, 0.1) is 0 Å². The summed E-state index contributed by atoms with van der Waals surface area (Å²) in [6.45, 7) is 0.576. The van der Waals surface area contributed by atoms with E-state index in [4.69, 9.17) is 19.9 Å². The van der Waals surface area contributed by atoms with E-state index in [1.165, 1.54) is 0 Å². The van der Waals surface area contributed by atoms with Crippen LogP contribution in [0.15, 0.2) is 42.6 Å². The smallest absolute Gasteiger partial charge is 0.242 e. The molecule has 4 rings (SSSR count). The summed E-state index contributed by atoms with van der Waals surface area (Å²) >= 11 is 0. The van der Waals surface area contributed by atoms with E-state index >= 15 is 0 Å². The molecule has 0 atom stereocenters. The zero-order valence-electron chi connectivity index (χ0n) is 11.2. The highest BCUT2D eigenvalue weighted by Gasteiger charge is 2.16. The molecule has 2 aromatic heterocycles. The molecule has 0 radical (unpaired) electrons. The maximum Gasteiger partial charge on any atom is 0.242 e. The lowest BCUT2D eigenvalue weighted by molar-refractivity contribution is 0.174. The second-order valence-corrected chi connectivity index (χ2v) is 4.61. The van der Waals surface area contributed by atoms with Crippen molar-refractivity contribution >= 4 is 5.65 Å². The predicted molar refractivity (Wildman–Crippen MR) is 75.7 cm³/mol. The minimum atomic E-state index is 0.237. The first-order valence-electron chi connectivity index (χ1n) is 6.58. The topological polar surface area (TPSA) is 71.0 Å². The Labute approximate surface area is 120 Å². The zero-order valence-corrected chi connectivity index (χ0v) is 11.2. The number of hydrogen-bond acceptors (Lipinski definition) is 5. The number of nitrogens with two attached hydrogens (primary N) is 1. The molecule has 0 saturated carbocycles. The van der Waals surface area contributed by atoms with Crippen LogP contribution < -0.4 is 19.9 Å². The van der Waals surface area contributed by atoms with Gasteiger partial charge < -0.3 is 19.9 Å². The lowest BCUT2D eigenvalue weighted by atomic mass is 10.3. The summed E-state index contributed by atoms with van der Waals surface area (Å²) in [7, 11) is 0. The van der Waals surface area contributed by atoms with E-state index in [1.807, 2.05) is 40.9 Å². The molecule has 0 amide bonds. The second kappa shape index (κ2) is 4.68. The maximum absolute atomic E-state index is 5.86. The van der Waals surface area contributed by atoms with E-state index in [2.05, 4.69) is 4.98 Å². The molecule has 3 aromatic rings. The van der Waals surface area contributed by atoms with Crippen molar-refractivity contribution in [3.05, 3.63) is 48.3 Å². The van der Waals surface area contributed by atoms with Crippen LogP contribution in [0.3, 0.4) is 0 Å². The van der Waals surface area contributed by atoms with Crippen molar-refractivity contribution in [2.45, 2.75) is 6.54 Å². The number of pyridine rings is 1. The normalized spacial score (nSPS) is 12.8. The molecule has 0 unspecified atom stereocenters. The number of aromatic nitrogens is 2. The lowest BCUT2D eigenvalue weighted by Crippen LogP contribution is -2.02. The molecule has 3 heterocycles. The molecule has 0 spiro atoms. The van der Waals surface area contributed by atoms with E-state index < -0.39 is 0 Å². The van der Waals surface area contributed by atoms with Crippen LogP contribution >= 0.6 is 0 Å². The monoisotopic (exact) mass is 283 g/mol. The first-order valence-corrected chi connectivity index (χ1v) is 6.58. The lowest BCUT2D eigenvalue weighted by Gasteiger charge is -2.05. The van der Waals surface area contributed by atoms with E-state index in [0.717, 1.165) is 17.1 Å². The molecule has 6 nitrogen and oxygen atoms in total. The van der Waals surface area contributed by atoms with Crippen LogP contribution in [0.4, 0.5) is 0 Å². The molecule has 106 valence electrons. The van der Waals surface area contributed by atoms with Crippen molar-refractivity contribution in [3.8, 4) is 23.1 Å². The van der Waals surface area contributed by atoms with Crippen LogP contribution in [0.1, 0.15) is 5.69 Å². The van der Waals surface area contributed by atoms with Crippen molar-refractivity contribution in [1.29, 1.82) is 0 Å². The summed E-state index contributed by atoms with van der Waals surface area (Å²) in [6, 6.07) is 11.2. The number of imidazole rings is 1. The van der Waals surface area contributed by atoms with Gasteiger partial charge in [-0.05, 0) is 24.3 Å². The summed E-state index contributed by atoms with van der Waals surface area (Å²) in [6.07, 6.45) is 1.91. The highest BCUT2D eigenvalue weighted by Crippen LogP contribution is 2.37. The third-order valence-electron chi connectivity index (χ3n) is 3.34. The van der Waals surface area contributed by atoms with E-state index in [-0.39, 0.29) is 6.79 Å². The van der Waals surface area contributed by atoms with Gasteiger partial charge in [-0.25, -0.2) is 0 Å². The molecule has 0 bridgehead atoms. The maximum atomic E-state index is 5.86. The number of rotatable bonds is 3. The fourth-order valence-corrected chi connectivity index (χ4v) is 2.34. The standard InChI is InChI=1S/C15H13N3O3/c16-8-11-15(17-14-3-1-2-6-18(11)14)21-10-4-5-12-13(7-10)20-9-19-12/h1-7H,8-9,16H2. The minimum absolute atomic E-state index is 0.237. The fourth-order valence-electron chi connectivity index (χ4n) is 2.34. The summed E-state index contributed by atoms with van der Waals surface area (Å²) < 4.78 is 18.4. The number of fused-ring (bicyclic) bond motifs is 2. The summed E-state index contributed by atoms with van der Waals surface area (Å²) in [4.78, 5) is 4.46. The van der Waals surface area contributed by atoms with Gasteiger partial charge in [0.15, 0.2) is 11.5 Å². The van der Waals surface area contributed by atoms with Gasteiger partial charge in [0.25, 0.3) is 0 Å². The van der Waals surface area contributed by atoms with E-state index in [1.54, 1.807) is 6.07 Å². The van der Waals surface area contributed by atoms with Crippen LogP contribution in [-0.2, 0) is 6.54 Å². The molecule has 1 aliphatic heterocycles. The van der Waals surface area contributed by atoms with Crippen molar-refractivity contribution in [2.24, 2.45) is 5.73 Å². The fraction of sp³-hybridized carbons (Fsp3) is 0.133. The Bertz CT molecular complexity index is 813. The van der Waals surface area contributed by atoms with Crippen LogP contribution in [0.2, 0.25) is 0 Å².